The molecule has 0 aliphatic heterocycles. The molecular formula is C16H32O3Si. The van der Waals surface area contributed by atoms with E-state index >= 15 is 0 Å². The number of rotatable bonds is 14. The van der Waals surface area contributed by atoms with Crippen LogP contribution in [0.4, 0.5) is 0 Å². The highest BCUT2D eigenvalue weighted by molar-refractivity contribution is 6.66. The third kappa shape index (κ3) is 9.48. The lowest BCUT2D eigenvalue weighted by atomic mass is 10.4. The zero-order valence-electron chi connectivity index (χ0n) is 13.5. The van der Waals surface area contributed by atoms with E-state index in [0.717, 1.165) is 38.5 Å². The van der Waals surface area contributed by atoms with Gasteiger partial charge in [-0.15, -0.1) is 0 Å². The van der Waals surface area contributed by atoms with E-state index in [2.05, 4.69) is 27.4 Å². The standard InChI is InChI=1S/C16H32O3Si/c1-5-9-13-17-20(16-12-8-4,18-14-10-6-2)19-15-11-7-3/h8,12,16H,4-7,9-11,13-15H2,1-3H3/b16-12+. The van der Waals surface area contributed by atoms with Gasteiger partial charge in [0, 0.05) is 19.8 Å². The largest absolute Gasteiger partial charge is 0.529 e. The van der Waals surface area contributed by atoms with Crippen LogP contribution >= 0.6 is 0 Å². The first kappa shape index (κ1) is 19.6. The summed E-state index contributed by atoms with van der Waals surface area (Å²) in [5.74, 6) is 0. The van der Waals surface area contributed by atoms with Crippen molar-refractivity contribution in [3.8, 4) is 0 Å². The second kappa shape index (κ2) is 13.6. The SMILES string of the molecule is C=C/C=C/[Si](OCCCC)(OCCCC)OCCCC. The molecular weight excluding hydrogens is 268 g/mol. The Morgan fingerprint density at radius 2 is 1.20 bits per heavy atom. The summed E-state index contributed by atoms with van der Waals surface area (Å²) >= 11 is 0. The van der Waals surface area contributed by atoms with Gasteiger partial charge in [0.1, 0.15) is 0 Å². The topological polar surface area (TPSA) is 27.7 Å². The summed E-state index contributed by atoms with van der Waals surface area (Å²) in [6.07, 6.45) is 10.1. The molecule has 0 aliphatic rings. The number of hydrogen-bond acceptors (Lipinski definition) is 3. The van der Waals surface area contributed by atoms with Gasteiger partial charge < -0.3 is 13.3 Å². The highest BCUT2D eigenvalue weighted by atomic mass is 28.4. The Morgan fingerprint density at radius 3 is 1.50 bits per heavy atom. The molecule has 4 heteroatoms. The Hall–Kier alpha value is -0.423. The summed E-state index contributed by atoms with van der Waals surface area (Å²) in [5, 5.41) is 0. The molecule has 118 valence electrons. The Balaban J connectivity index is 4.65. The highest BCUT2D eigenvalue weighted by Gasteiger charge is 2.38. The van der Waals surface area contributed by atoms with Gasteiger partial charge in [-0.2, -0.15) is 0 Å². The Morgan fingerprint density at radius 1 is 0.800 bits per heavy atom. The third-order valence-corrected chi connectivity index (χ3v) is 5.26. The molecule has 0 N–H and O–H groups in total. The predicted octanol–water partition coefficient (Wildman–Crippen LogP) is 4.66. The van der Waals surface area contributed by atoms with Crippen molar-refractivity contribution >= 4 is 8.80 Å². The zero-order chi connectivity index (χ0) is 15.1. The molecule has 0 unspecified atom stereocenters. The van der Waals surface area contributed by atoms with Crippen LogP contribution in [0.5, 0.6) is 0 Å². The highest BCUT2D eigenvalue weighted by Crippen LogP contribution is 2.15. The molecule has 0 aromatic rings. The van der Waals surface area contributed by atoms with Gasteiger partial charge in [-0.3, -0.25) is 0 Å². The average Bonchev–Trinajstić information content (AvgIpc) is 2.46. The van der Waals surface area contributed by atoms with Crippen molar-refractivity contribution in [3.63, 3.8) is 0 Å². The molecule has 0 heterocycles. The van der Waals surface area contributed by atoms with E-state index in [4.69, 9.17) is 13.3 Å². The van der Waals surface area contributed by atoms with Crippen LogP contribution in [0.25, 0.3) is 0 Å². The molecule has 0 aromatic carbocycles. The minimum Gasteiger partial charge on any atom is -0.370 e. The average molecular weight is 301 g/mol. The van der Waals surface area contributed by atoms with Gasteiger partial charge in [0.05, 0.1) is 0 Å². The Bertz CT molecular complexity index is 228. The van der Waals surface area contributed by atoms with Gasteiger partial charge in [-0.1, -0.05) is 58.8 Å². The van der Waals surface area contributed by atoms with Gasteiger partial charge in [0.2, 0.25) is 0 Å². The molecule has 0 rings (SSSR count). The van der Waals surface area contributed by atoms with Gasteiger partial charge in [0.25, 0.3) is 0 Å². The quantitative estimate of drug-likeness (QED) is 0.265. The van der Waals surface area contributed by atoms with E-state index in [1.54, 1.807) is 6.08 Å². The summed E-state index contributed by atoms with van der Waals surface area (Å²) in [6, 6.07) is 0. The maximum Gasteiger partial charge on any atom is 0.529 e. The molecule has 0 aliphatic carbocycles. The second-order valence-electron chi connectivity index (χ2n) is 4.80. The molecule has 0 fully saturated rings. The van der Waals surface area contributed by atoms with Crippen LogP contribution in [0.3, 0.4) is 0 Å². The van der Waals surface area contributed by atoms with Gasteiger partial charge in [0.15, 0.2) is 0 Å². The fourth-order valence-corrected chi connectivity index (χ4v) is 3.73. The lowest BCUT2D eigenvalue weighted by Crippen LogP contribution is -2.45. The van der Waals surface area contributed by atoms with E-state index in [-0.39, 0.29) is 0 Å². The maximum atomic E-state index is 6.03. The maximum absolute atomic E-state index is 6.03. The van der Waals surface area contributed by atoms with Crippen LogP contribution in [0, 0.1) is 0 Å². The van der Waals surface area contributed by atoms with Crippen molar-refractivity contribution in [1.82, 2.24) is 0 Å². The Kier molecular flexibility index (Phi) is 13.3. The van der Waals surface area contributed by atoms with E-state index in [9.17, 15) is 0 Å². The molecule has 0 amide bonds. The normalized spacial score (nSPS) is 12.2. The van der Waals surface area contributed by atoms with E-state index in [1.165, 1.54) is 0 Å². The fourth-order valence-electron chi connectivity index (χ4n) is 1.53. The van der Waals surface area contributed by atoms with Crippen molar-refractivity contribution in [3.05, 3.63) is 24.4 Å². The zero-order valence-corrected chi connectivity index (χ0v) is 14.5. The summed E-state index contributed by atoms with van der Waals surface area (Å²) in [5.41, 5.74) is 1.96. The lowest BCUT2D eigenvalue weighted by molar-refractivity contribution is 0.0685. The first-order chi connectivity index (χ1) is 9.74. The second-order valence-corrected chi connectivity index (χ2v) is 7.21. The molecule has 0 spiro atoms. The monoisotopic (exact) mass is 300 g/mol. The van der Waals surface area contributed by atoms with E-state index in [0.29, 0.717) is 19.8 Å². The minimum atomic E-state index is -2.68. The fraction of sp³-hybridized carbons (Fsp3) is 0.750. The molecule has 0 saturated heterocycles. The first-order valence-electron chi connectivity index (χ1n) is 7.96. The first-order valence-corrected chi connectivity index (χ1v) is 9.77. The van der Waals surface area contributed by atoms with Gasteiger partial charge >= 0.3 is 8.80 Å². The molecule has 3 nitrogen and oxygen atoms in total. The minimum absolute atomic E-state index is 0.697. The van der Waals surface area contributed by atoms with Crippen LogP contribution in [0.2, 0.25) is 0 Å². The summed E-state index contributed by atoms with van der Waals surface area (Å²) in [6.45, 7) is 12.3. The van der Waals surface area contributed by atoms with Crippen LogP contribution in [-0.4, -0.2) is 28.6 Å². The lowest BCUT2D eigenvalue weighted by Gasteiger charge is -2.27. The van der Waals surface area contributed by atoms with E-state index < -0.39 is 8.80 Å². The molecule has 0 bridgehead atoms. The van der Waals surface area contributed by atoms with Crippen LogP contribution in [0.15, 0.2) is 24.4 Å². The number of allylic oxidation sites excluding steroid dienone is 2. The van der Waals surface area contributed by atoms with Crippen LogP contribution < -0.4 is 0 Å². The summed E-state index contributed by atoms with van der Waals surface area (Å²) in [4.78, 5) is 0. The summed E-state index contributed by atoms with van der Waals surface area (Å²) in [7, 11) is -2.68. The van der Waals surface area contributed by atoms with Crippen molar-refractivity contribution in [2.24, 2.45) is 0 Å². The molecule has 20 heavy (non-hydrogen) atoms. The molecule has 0 radical (unpaired) electrons. The van der Waals surface area contributed by atoms with Gasteiger partial charge in [-0.25, -0.2) is 0 Å². The van der Waals surface area contributed by atoms with Crippen molar-refractivity contribution in [2.75, 3.05) is 19.8 Å². The van der Waals surface area contributed by atoms with Crippen molar-refractivity contribution in [2.45, 2.75) is 59.3 Å². The Labute approximate surface area is 126 Å². The molecule has 0 saturated carbocycles. The number of unbranched alkanes of at least 4 members (excludes halogenated alkanes) is 3. The van der Waals surface area contributed by atoms with Crippen molar-refractivity contribution < 1.29 is 13.3 Å². The summed E-state index contributed by atoms with van der Waals surface area (Å²) < 4.78 is 18.1. The van der Waals surface area contributed by atoms with Crippen LogP contribution in [-0.2, 0) is 13.3 Å². The van der Waals surface area contributed by atoms with E-state index in [1.807, 2.05) is 11.8 Å². The predicted molar refractivity (Wildman–Crippen MR) is 87.7 cm³/mol. The molecule has 0 aromatic heterocycles. The smallest absolute Gasteiger partial charge is 0.370 e. The van der Waals surface area contributed by atoms with Crippen molar-refractivity contribution in [1.29, 1.82) is 0 Å². The van der Waals surface area contributed by atoms with Crippen LogP contribution in [0.1, 0.15) is 59.3 Å². The van der Waals surface area contributed by atoms with Gasteiger partial charge in [-0.05, 0) is 25.0 Å². The molecule has 0 atom stereocenters. The third-order valence-electron chi connectivity index (χ3n) is 2.84. The number of hydrogen-bond donors (Lipinski definition) is 0.